The number of amides is 1. The SMILES string of the molecule is O=C(OCc1ccccc1)N1C2CCCC1CC(O)(c1cccc3cnccc13)C2. The molecule has 2 atom stereocenters. The summed E-state index contributed by atoms with van der Waals surface area (Å²) in [5, 5.41) is 13.8. The number of fused-ring (bicyclic) bond motifs is 3. The Morgan fingerprint density at radius 1 is 1.07 bits per heavy atom. The van der Waals surface area contributed by atoms with Crippen LogP contribution in [-0.4, -0.2) is 33.2 Å². The standard InChI is InChI=1S/C25H26N2O3/c28-24(30-17-18-6-2-1-3-7-18)27-20-9-5-10-21(27)15-25(29,14-20)23-11-4-8-19-16-26-13-12-22(19)23/h1-4,6-8,11-13,16,20-21,29H,5,9-10,14-15,17H2. The Morgan fingerprint density at radius 3 is 2.60 bits per heavy atom. The fourth-order valence-electron chi connectivity index (χ4n) is 5.27. The maximum absolute atomic E-state index is 13.0. The molecule has 3 aromatic rings. The van der Waals surface area contributed by atoms with Crippen LogP contribution < -0.4 is 0 Å². The summed E-state index contributed by atoms with van der Waals surface area (Å²) in [5.74, 6) is 0. The summed E-state index contributed by atoms with van der Waals surface area (Å²) in [6, 6.07) is 17.7. The van der Waals surface area contributed by atoms with Crippen molar-refractivity contribution in [3.05, 3.63) is 78.1 Å². The molecule has 3 heterocycles. The lowest BCUT2D eigenvalue weighted by Gasteiger charge is -2.51. The van der Waals surface area contributed by atoms with Crippen molar-refractivity contribution in [3.8, 4) is 0 Å². The molecule has 0 saturated carbocycles. The first-order valence-corrected chi connectivity index (χ1v) is 10.7. The van der Waals surface area contributed by atoms with Crippen LogP contribution in [0.2, 0.25) is 0 Å². The average molecular weight is 402 g/mol. The molecule has 0 spiro atoms. The van der Waals surface area contributed by atoms with Crippen LogP contribution in [0.15, 0.2) is 67.0 Å². The van der Waals surface area contributed by atoms with Crippen LogP contribution in [-0.2, 0) is 16.9 Å². The van der Waals surface area contributed by atoms with Crippen LogP contribution in [0.5, 0.6) is 0 Å². The van der Waals surface area contributed by atoms with Gasteiger partial charge in [0, 0.05) is 42.7 Å². The van der Waals surface area contributed by atoms with Gasteiger partial charge in [0.2, 0.25) is 0 Å². The summed E-state index contributed by atoms with van der Waals surface area (Å²) in [7, 11) is 0. The highest BCUT2D eigenvalue weighted by molar-refractivity contribution is 5.85. The zero-order valence-electron chi connectivity index (χ0n) is 16.9. The van der Waals surface area contributed by atoms with E-state index in [2.05, 4.69) is 4.98 Å². The highest BCUT2D eigenvalue weighted by atomic mass is 16.6. The summed E-state index contributed by atoms with van der Waals surface area (Å²) in [6.07, 6.45) is 7.27. The highest BCUT2D eigenvalue weighted by Gasteiger charge is 2.49. The fraction of sp³-hybridized carbons (Fsp3) is 0.360. The Labute approximate surface area is 176 Å². The molecule has 2 aliphatic heterocycles. The Morgan fingerprint density at radius 2 is 1.83 bits per heavy atom. The molecule has 154 valence electrons. The van der Waals surface area contributed by atoms with Crippen molar-refractivity contribution in [1.29, 1.82) is 0 Å². The van der Waals surface area contributed by atoms with Crippen LogP contribution >= 0.6 is 0 Å². The number of pyridine rings is 1. The number of carbonyl (C=O) groups excluding carboxylic acids is 1. The predicted octanol–water partition coefficient (Wildman–Crippen LogP) is 4.78. The minimum atomic E-state index is -0.952. The number of hydrogen-bond donors (Lipinski definition) is 1. The average Bonchev–Trinajstić information content (AvgIpc) is 2.77. The molecule has 5 nitrogen and oxygen atoms in total. The van der Waals surface area contributed by atoms with Crippen molar-refractivity contribution in [3.63, 3.8) is 0 Å². The second-order valence-corrected chi connectivity index (χ2v) is 8.53. The van der Waals surface area contributed by atoms with E-state index in [1.54, 1.807) is 6.20 Å². The first kappa shape index (κ1) is 19.1. The van der Waals surface area contributed by atoms with E-state index in [4.69, 9.17) is 4.74 Å². The van der Waals surface area contributed by atoms with Gasteiger partial charge in [0.25, 0.3) is 0 Å². The minimum Gasteiger partial charge on any atom is -0.445 e. The first-order valence-electron chi connectivity index (χ1n) is 10.7. The highest BCUT2D eigenvalue weighted by Crippen LogP contribution is 2.46. The summed E-state index contributed by atoms with van der Waals surface area (Å²) < 4.78 is 5.65. The van der Waals surface area contributed by atoms with Gasteiger partial charge in [-0.05, 0) is 41.8 Å². The van der Waals surface area contributed by atoms with Gasteiger partial charge >= 0.3 is 6.09 Å². The molecule has 30 heavy (non-hydrogen) atoms. The van der Waals surface area contributed by atoms with Gasteiger partial charge in [-0.25, -0.2) is 4.79 Å². The van der Waals surface area contributed by atoms with Crippen molar-refractivity contribution in [2.24, 2.45) is 0 Å². The Hall–Kier alpha value is -2.92. The summed E-state index contributed by atoms with van der Waals surface area (Å²) in [5.41, 5.74) is 0.970. The van der Waals surface area contributed by atoms with Gasteiger partial charge in [-0.3, -0.25) is 4.98 Å². The van der Waals surface area contributed by atoms with Gasteiger partial charge in [0.15, 0.2) is 0 Å². The first-order chi connectivity index (χ1) is 14.6. The van der Waals surface area contributed by atoms with E-state index in [9.17, 15) is 9.90 Å². The number of hydrogen-bond acceptors (Lipinski definition) is 4. The van der Waals surface area contributed by atoms with E-state index < -0.39 is 5.60 Å². The molecule has 5 rings (SSSR count). The monoisotopic (exact) mass is 402 g/mol. The number of aliphatic hydroxyl groups is 1. The lowest BCUT2D eigenvalue weighted by molar-refractivity contribution is -0.0888. The lowest BCUT2D eigenvalue weighted by Crippen LogP contribution is -2.58. The number of rotatable bonds is 3. The Bertz CT molecular complexity index is 1030. The van der Waals surface area contributed by atoms with Gasteiger partial charge in [-0.1, -0.05) is 48.5 Å². The van der Waals surface area contributed by atoms with E-state index >= 15 is 0 Å². The molecule has 0 aliphatic carbocycles. The van der Waals surface area contributed by atoms with E-state index in [0.717, 1.165) is 41.2 Å². The van der Waals surface area contributed by atoms with Crippen LogP contribution in [0.3, 0.4) is 0 Å². The van der Waals surface area contributed by atoms with Gasteiger partial charge in [-0.2, -0.15) is 0 Å². The van der Waals surface area contributed by atoms with E-state index in [1.165, 1.54) is 0 Å². The van der Waals surface area contributed by atoms with Crippen LogP contribution in [0.1, 0.15) is 43.2 Å². The zero-order chi connectivity index (χ0) is 20.6. The number of aromatic nitrogens is 1. The molecule has 5 heteroatoms. The Kier molecular flexibility index (Phi) is 4.91. The van der Waals surface area contributed by atoms with Gasteiger partial charge in [0.1, 0.15) is 6.61 Å². The molecule has 1 aromatic heterocycles. The van der Waals surface area contributed by atoms with Crippen LogP contribution in [0, 0.1) is 0 Å². The largest absolute Gasteiger partial charge is 0.445 e. The van der Waals surface area contributed by atoms with Crippen molar-refractivity contribution in [1.82, 2.24) is 9.88 Å². The number of carbonyl (C=O) groups is 1. The molecule has 2 saturated heterocycles. The van der Waals surface area contributed by atoms with Gasteiger partial charge in [-0.15, -0.1) is 0 Å². The third kappa shape index (κ3) is 3.43. The molecule has 2 bridgehead atoms. The van der Waals surface area contributed by atoms with E-state index in [-0.39, 0.29) is 24.8 Å². The number of piperidine rings is 2. The summed E-state index contributed by atoms with van der Waals surface area (Å²) >= 11 is 0. The molecule has 1 N–H and O–H groups in total. The van der Waals surface area contributed by atoms with Crippen molar-refractivity contribution < 1.29 is 14.6 Å². The summed E-state index contributed by atoms with van der Waals surface area (Å²) in [6.45, 7) is 0.274. The second kappa shape index (κ2) is 7.73. The molecular weight excluding hydrogens is 376 g/mol. The third-order valence-corrected chi connectivity index (χ3v) is 6.61. The van der Waals surface area contributed by atoms with Crippen molar-refractivity contribution >= 4 is 16.9 Å². The maximum Gasteiger partial charge on any atom is 0.410 e. The molecule has 1 amide bonds. The van der Waals surface area contributed by atoms with E-state index in [0.29, 0.717) is 12.8 Å². The van der Waals surface area contributed by atoms with Crippen LogP contribution in [0.4, 0.5) is 4.79 Å². The number of benzene rings is 2. The molecule has 2 aromatic carbocycles. The van der Waals surface area contributed by atoms with Crippen LogP contribution in [0.25, 0.3) is 10.8 Å². The van der Waals surface area contributed by atoms with Gasteiger partial charge < -0.3 is 14.7 Å². The quantitative estimate of drug-likeness (QED) is 0.685. The smallest absolute Gasteiger partial charge is 0.410 e. The Balaban J connectivity index is 1.38. The minimum absolute atomic E-state index is 0.0112. The number of ether oxygens (including phenoxy) is 1. The third-order valence-electron chi connectivity index (χ3n) is 6.61. The van der Waals surface area contributed by atoms with Crippen molar-refractivity contribution in [2.45, 2.75) is 56.4 Å². The number of nitrogens with zero attached hydrogens (tertiary/aromatic N) is 2. The summed E-state index contributed by atoms with van der Waals surface area (Å²) in [4.78, 5) is 19.1. The topological polar surface area (TPSA) is 62.7 Å². The second-order valence-electron chi connectivity index (χ2n) is 8.53. The maximum atomic E-state index is 13.0. The molecule has 2 unspecified atom stereocenters. The fourth-order valence-corrected chi connectivity index (χ4v) is 5.27. The van der Waals surface area contributed by atoms with E-state index in [1.807, 2.05) is 65.7 Å². The zero-order valence-corrected chi connectivity index (χ0v) is 16.9. The van der Waals surface area contributed by atoms with Gasteiger partial charge in [0.05, 0.1) is 5.60 Å². The van der Waals surface area contributed by atoms with Crippen molar-refractivity contribution in [2.75, 3.05) is 0 Å². The molecule has 2 aliphatic rings. The lowest BCUT2D eigenvalue weighted by atomic mass is 9.72. The molecule has 0 radical (unpaired) electrons. The predicted molar refractivity (Wildman–Crippen MR) is 115 cm³/mol. The normalized spacial score (nSPS) is 25.8. The molecule has 2 fully saturated rings. The molecular formula is C25H26N2O3.